The van der Waals surface area contributed by atoms with Crippen molar-refractivity contribution >= 4 is 15.9 Å². The number of rotatable bonds is 3. The number of allylic oxidation sites excluding steroid dienone is 1. The molecule has 0 radical (unpaired) electrons. The smallest absolute Gasteiger partial charge is 0.416 e. The Morgan fingerprint density at radius 3 is 2.47 bits per heavy atom. The summed E-state index contributed by atoms with van der Waals surface area (Å²) in [5.74, 6) is 0.198. The number of ether oxygens (including phenoxy) is 1. The summed E-state index contributed by atoms with van der Waals surface area (Å²) < 4.78 is 43.1. The van der Waals surface area contributed by atoms with Crippen molar-refractivity contribution < 1.29 is 17.9 Å². The van der Waals surface area contributed by atoms with Crippen LogP contribution in [0.5, 0.6) is 5.75 Å². The molecule has 17 heavy (non-hydrogen) atoms. The quantitative estimate of drug-likeness (QED) is 0.728. The zero-order chi connectivity index (χ0) is 13.1. The lowest BCUT2D eigenvalue weighted by Gasteiger charge is -2.10. The summed E-state index contributed by atoms with van der Waals surface area (Å²) in [7, 11) is 0. The van der Waals surface area contributed by atoms with Crippen molar-refractivity contribution in [1.82, 2.24) is 0 Å². The minimum Gasteiger partial charge on any atom is -0.489 e. The Morgan fingerprint density at radius 1 is 1.29 bits per heavy atom. The summed E-state index contributed by atoms with van der Waals surface area (Å²) in [6.45, 7) is 4.05. The molecule has 0 aromatic heterocycles. The second-order valence-electron chi connectivity index (χ2n) is 3.77. The lowest BCUT2D eigenvalue weighted by atomic mass is 10.2. The first-order valence-corrected chi connectivity index (χ1v) is 5.72. The van der Waals surface area contributed by atoms with Gasteiger partial charge in [-0.15, -0.1) is 0 Å². The first-order chi connectivity index (χ1) is 7.79. The molecule has 0 aliphatic carbocycles. The van der Waals surface area contributed by atoms with Crippen LogP contribution < -0.4 is 4.74 Å². The van der Waals surface area contributed by atoms with Crippen LogP contribution in [-0.4, -0.2) is 6.61 Å². The highest BCUT2D eigenvalue weighted by atomic mass is 79.9. The van der Waals surface area contributed by atoms with Gasteiger partial charge >= 0.3 is 6.18 Å². The molecule has 1 aromatic rings. The van der Waals surface area contributed by atoms with E-state index in [4.69, 9.17) is 4.74 Å². The molecule has 5 heteroatoms. The predicted octanol–water partition coefficient (Wildman–Crippen LogP) is 4.81. The van der Waals surface area contributed by atoms with Gasteiger partial charge in [0.25, 0.3) is 0 Å². The molecule has 0 unspecified atom stereocenters. The molecule has 0 heterocycles. The molecule has 0 N–H and O–H groups in total. The largest absolute Gasteiger partial charge is 0.489 e. The van der Waals surface area contributed by atoms with Crippen molar-refractivity contribution in [2.24, 2.45) is 0 Å². The Hall–Kier alpha value is -0.970. The third kappa shape index (κ3) is 4.81. The Balaban J connectivity index is 2.87. The summed E-state index contributed by atoms with van der Waals surface area (Å²) in [5.41, 5.74) is 0.329. The lowest BCUT2D eigenvalue weighted by molar-refractivity contribution is -0.137. The molecule has 1 nitrogen and oxygen atoms in total. The summed E-state index contributed by atoms with van der Waals surface area (Å²) >= 11 is 3.03. The van der Waals surface area contributed by atoms with Gasteiger partial charge < -0.3 is 4.74 Å². The monoisotopic (exact) mass is 308 g/mol. The molecular formula is C12H12BrF3O. The van der Waals surface area contributed by atoms with E-state index in [0.717, 1.165) is 17.7 Å². The molecule has 0 aliphatic heterocycles. The highest BCUT2D eigenvalue weighted by Gasteiger charge is 2.31. The average molecular weight is 309 g/mol. The number of hydrogen-bond donors (Lipinski definition) is 0. The maximum atomic E-state index is 12.5. The van der Waals surface area contributed by atoms with E-state index in [2.05, 4.69) is 15.9 Å². The minimum absolute atomic E-state index is 0.198. The van der Waals surface area contributed by atoms with E-state index in [0.29, 0.717) is 4.47 Å². The van der Waals surface area contributed by atoms with Gasteiger partial charge in [0.1, 0.15) is 12.4 Å². The van der Waals surface area contributed by atoms with Crippen LogP contribution in [0.4, 0.5) is 13.2 Å². The van der Waals surface area contributed by atoms with E-state index in [1.54, 1.807) is 6.08 Å². The van der Waals surface area contributed by atoms with Crippen molar-refractivity contribution in [3.8, 4) is 5.75 Å². The van der Waals surface area contributed by atoms with Crippen LogP contribution in [0, 0.1) is 0 Å². The fourth-order valence-electron chi connectivity index (χ4n) is 1.11. The minimum atomic E-state index is -4.36. The summed E-state index contributed by atoms with van der Waals surface area (Å²) in [6.07, 6.45) is -2.56. The molecule has 0 aliphatic rings. The fourth-order valence-corrected chi connectivity index (χ4v) is 1.59. The Labute approximate surface area is 106 Å². The van der Waals surface area contributed by atoms with E-state index in [1.807, 2.05) is 13.8 Å². The second-order valence-corrected chi connectivity index (χ2v) is 4.68. The van der Waals surface area contributed by atoms with Gasteiger partial charge in [-0.1, -0.05) is 21.5 Å². The van der Waals surface area contributed by atoms with Crippen LogP contribution >= 0.6 is 15.9 Å². The van der Waals surface area contributed by atoms with E-state index in [9.17, 15) is 13.2 Å². The predicted molar refractivity (Wildman–Crippen MR) is 64.1 cm³/mol. The van der Waals surface area contributed by atoms with Crippen molar-refractivity contribution in [3.05, 3.63) is 39.9 Å². The molecule has 0 fully saturated rings. The lowest BCUT2D eigenvalue weighted by Crippen LogP contribution is -2.05. The normalized spacial score (nSPS) is 11.2. The molecule has 0 saturated carbocycles. The standard InChI is InChI=1S/C12H12BrF3O/c1-8(2)3-4-17-11-6-9(12(14,15)16)5-10(13)7-11/h3,5-7H,4H2,1-2H3. The topological polar surface area (TPSA) is 9.23 Å². The molecule has 94 valence electrons. The van der Waals surface area contributed by atoms with Gasteiger partial charge in [-0.3, -0.25) is 0 Å². The molecular weight excluding hydrogens is 297 g/mol. The zero-order valence-corrected chi connectivity index (χ0v) is 11.0. The van der Waals surface area contributed by atoms with Crippen LogP contribution in [0.25, 0.3) is 0 Å². The van der Waals surface area contributed by atoms with Crippen molar-refractivity contribution in [3.63, 3.8) is 0 Å². The molecule has 0 saturated heterocycles. The number of alkyl halides is 3. The first-order valence-electron chi connectivity index (χ1n) is 4.93. The van der Waals surface area contributed by atoms with Crippen LogP contribution in [0.15, 0.2) is 34.3 Å². The van der Waals surface area contributed by atoms with E-state index >= 15 is 0 Å². The fraction of sp³-hybridized carbons (Fsp3) is 0.333. The van der Waals surface area contributed by atoms with E-state index in [1.165, 1.54) is 6.07 Å². The van der Waals surface area contributed by atoms with Crippen LogP contribution in [0.2, 0.25) is 0 Å². The molecule has 0 bridgehead atoms. The summed E-state index contributed by atoms with van der Waals surface area (Å²) in [5, 5.41) is 0. The van der Waals surface area contributed by atoms with Gasteiger partial charge in [0, 0.05) is 4.47 Å². The first kappa shape index (κ1) is 14.1. The van der Waals surface area contributed by atoms with Gasteiger partial charge in [-0.25, -0.2) is 0 Å². The molecule has 0 atom stereocenters. The summed E-state index contributed by atoms with van der Waals surface area (Å²) in [6, 6.07) is 3.52. The SMILES string of the molecule is CC(C)=CCOc1cc(Br)cc(C(F)(F)F)c1. The van der Waals surface area contributed by atoms with Gasteiger partial charge in [0.15, 0.2) is 0 Å². The third-order valence-corrected chi connectivity index (χ3v) is 2.40. The van der Waals surface area contributed by atoms with Crippen LogP contribution in [-0.2, 0) is 6.18 Å². The van der Waals surface area contributed by atoms with Gasteiger partial charge in [0.2, 0.25) is 0 Å². The highest BCUT2D eigenvalue weighted by molar-refractivity contribution is 9.10. The Morgan fingerprint density at radius 2 is 1.94 bits per heavy atom. The average Bonchev–Trinajstić information content (AvgIpc) is 2.14. The van der Waals surface area contributed by atoms with Gasteiger partial charge in [-0.05, 0) is 38.1 Å². The van der Waals surface area contributed by atoms with Crippen molar-refractivity contribution in [2.45, 2.75) is 20.0 Å². The van der Waals surface area contributed by atoms with Crippen LogP contribution in [0.3, 0.4) is 0 Å². The third-order valence-electron chi connectivity index (χ3n) is 1.94. The zero-order valence-electron chi connectivity index (χ0n) is 9.44. The number of hydrogen-bond acceptors (Lipinski definition) is 1. The van der Waals surface area contributed by atoms with Crippen LogP contribution in [0.1, 0.15) is 19.4 Å². The Kier molecular flexibility index (Phi) is 4.62. The van der Waals surface area contributed by atoms with E-state index < -0.39 is 11.7 Å². The van der Waals surface area contributed by atoms with E-state index in [-0.39, 0.29) is 12.4 Å². The van der Waals surface area contributed by atoms with Gasteiger partial charge in [0.05, 0.1) is 5.56 Å². The maximum absolute atomic E-state index is 12.5. The molecule has 0 spiro atoms. The van der Waals surface area contributed by atoms with Crippen molar-refractivity contribution in [2.75, 3.05) is 6.61 Å². The summed E-state index contributed by atoms with van der Waals surface area (Å²) in [4.78, 5) is 0. The number of benzene rings is 1. The molecule has 1 aromatic carbocycles. The molecule has 1 rings (SSSR count). The highest BCUT2D eigenvalue weighted by Crippen LogP contribution is 2.34. The van der Waals surface area contributed by atoms with Gasteiger partial charge in [-0.2, -0.15) is 13.2 Å². The Bertz CT molecular complexity index is 420. The maximum Gasteiger partial charge on any atom is 0.416 e. The van der Waals surface area contributed by atoms with Crippen molar-refractivity contribution in [1.29, 1.82) is 0 Å². The second kappa shape index (κ2) is 5.58. The molecule has 0 amide bonds. The number of halogens is 4.